The van der Waals surface area contributed by atoms with E-state index in [2.05, 4.69) is 40.7 Å². The van der Waals surface area contributed by atoms with Gasteiger partial charge in [-0.05, 0) is 43.9 Å². The summed E-state index contributed by atoms with van der Waals surface area (Å²) < 4.78 is 0. The molecular weight excluding hydrogens is 296 g/mol. The Bertz CT molecular complexity index is 400. The zero-order chi connectivity index (χ0) is 13.0. The first-order valence-corrected chi connectivity index (χ1v) is 13.1. The Labute approximate surface area is 118 Å². The molecule has 1 aromatic heterocycles. The topological polar surface area (TPSA) is 16.1 Å². The lowest BCUT2D eigenvalue weighted by Crippen LogP contribution is -2.34. The van der Waals surface area contributed by atoms with Gasteiger partial charge < -0.3 is 0 Å². The highest BCUT2D eigenvalue weighted by atomic mass is 32.6. The predicted octanol–water partition coefficient (Wildman–Crippen LogP) is 3.52. The monoisotopic (exact) mass is 318 g/mol. The third kappa shape index (κ3) is 3.69. The van der Waals surface area contributed by atoms with Gasteiger partial charge in [-0.2, -0.15) is 0 Å². The van der Waals surface area contributed by atoms with E-state index in [0.717, 1.165) is 14.5 Å². The number of hydrogen-bond acceptors (Lipinski definition) is 2. The van der Waals surface area contributed by atoms with Crippen LogP contribution in [0.15, 0.2) is 12.3 Å². The Morgan fingerprint density at radius 2 is 2.39 bits per heavy atom. The van der Waals surface area contributed by atoms with E-state index < -0.39 is 0 Å². The fourth-order valence-electron chi connectivity index (χ4n) is 2.35. The Morgan fingerprint density at radius 1 is 1.56 bits per heavy atom. The second-order valence-electron chi connectivity index (χ2n) is 4.65. The second kappa shape index (κ2) is 7.57. The van der Waals surface area contributed by atoms with Crippen molar-refractivity contribution in [1.29, 1.82) is 0 Å². The summed E-state index contributed by atoms with van der Waals surface area (Å²) in [4.78, 5) is 7.25. The molecule has 2 heterocycles. The molecule has 0 amide bonds. The molecule has 0 fully saturated rings. The fourth-order valence-corrected chi connectivity index (χ4v) is 5.88. The van der Waals surface area contributed by atoms with Crippen molar-refractivity contribution in [2.75, 3.05) is 13.1 Å². The van der Waals surface area contributed by atoms with E-state index in [1.807, 2.05) is 6.20 Å². The first kappa shape index (κ1) is 15.2. The van der Waals surface area contributed by atoms with Gasteiger partial charge in [0, 0.05) is 19.3 Å². The predicted molar refractivity (Wildman–Crippen MR) is 92.4 cm³/mol. The van der Waals surface area contributed by atoms with Gasteiger partial charge in [0.1, 0.15) is 0 Å². The van der Waals surface area contributed by atoms with Crippen LogP contribution in [0.3, 0.4) is 0 Å². The lowest BCUT2D eigenvalue weighted by Gasteiger charge is -2.30. The van der Waals surface area contributed by atoms with Gasteiger partial charge in [0.25, 0.3) is 0 Å². The van der Waals surface area contributed by atoms with E-state index >= 15 is 0 Å². The average molecular weight is 318 g/mol. The molecule has 18 heavy (non-hydrogen) atoms. The summed E-state index contributed by atoms with van der Waals surface area (Å²) >= 11 is 0. The fraction of sp³-hybridized carbons (Fsp3) is 0.583. The van der Waals surface area contributed by atoms with Crippen LogP contribution >= 0.6 is 33.1 Å². The van der Waals surface area contributed by atoms with Gasteiger partial charge in [0.2, 0.25) is 0 Å². The zero-order valence-electron chi connectivity index (χ0n) is 10.9. The van der Waals surface area contributed by atoms with E-state index in [-0.39, 0.29) is 7.30 Å². The van der Waals surface area contributed by atoms with Crippen molar-refractivity contribution in [3.8, 4) is 0 Å². The van der Waals surface area contributed by atoms with Crippen molar-refractivity contribution in [1.82, 2.24) is 9.88 Å². The van der Waals surface area contributed by atoms with Crippen molar-refractivity contribution in [2.24, 2.45) is 0 Å². The Morgan fingerprint density at radius 3 is 3.11 bits per heavy atom. The van der Waals surface area contributed by atoms with Crippen LogP contribution in [0.25, 0.3) is 0 Å². The first-order valence-electron chi connectivity index (χ1n) is 6.46. The molecule has 6 heteroatoms. The molecule has 0 saturated heterocycles. The summed E-state index contributed by atoms with van der Waals surface area (Å²) in [5.41, 5.74) is 4.42. The molecule has 100 valence electrons. The molecule has 4 unspecified atom stereocenters. The minimum absolute atomic E-state index is 0.150. The van der Waals surface area contributed by atoms with E-state index in [4.69, 9.17) is 0 Å². The minimum atomic E-state index is -0.150. The number of unbranched alkanes of at least 4 members (excludes halogenated alkanes) is 1. The molecule has 4 atom stereocenters. The van der Waals surface area contributed by atoms with Crippen molar-refractivity contribution >= 4 is 38.5 Å². The van der Waals surface area contributed by atoms with Crippen LogP contribution < -0.4 is 5.44 Å². The van der Waals surface area contributed by atoms with Crippen molar-refractivity contribution in [3.63, 3.8) is 0 Å². The lowest BCUT2D eigenvalue weighted by molar-refractivity contribution is 0.251. The third-order valence-electron chi connectivity index (χ3n) is 3.40. The summed E-state index contributed by atoms with van der Waals surface area (Å²) in [6.45, 7) is 5.83. The maximum Gasteiger partial charge on any atom is 0.0760 e. The zero-order valence-corrected chi connectivity index (χ0v) is 15.1. The molecule has 2 rings (SSSR count). The number of rotatable bonds is 5. The Kier molecular flexibility index (Phi) is 6.40. The smallest absolute Gasteiger partial charge is 0.0760 e. The van der Waals surface area contributed by atoms with E-state index in [1.54, 1.807) is 0 Å². The molecule has 1 aromatic rings. The van der Waals surface area contributed by atoms with Gasteiger partial charge >= 0.3 is 0 Å². The first-order chi connectivity index (χ1) is 8.76. The van der Waals surface area contributed by atoms with E-state index in [0.29, 0.717) is 0 Å². The van der Waals surface area contributed by atoms with Gasteiger partial charge in [-0.3, -0.25) is 9.88 Å². The molecule has 1 aliphatic rings. The van der Waals surface area contributed by atoms with Crippen LogP contribution in [0.4, 0.5) is 0 Å². The molecule has 0 saturated carbocycles. The number of pyridine rings is 1. The summed E-state index contributed by atoms with van der Waals surface area (Å²) in [6.07, 6.45) is 5.79. The SMILES string of the molecule is CCCCN1CCc2ccnc(P(P)PP)c2C1. The Balaban J connectivity index is 2.18. The highest BCUT2D eigenvalue weighted by Crippen LogP contribution is 2.65. The van der Waals surface area contributed by atoms with Gasteiger partial charge in [-0.15, -0.1) is 17.9 Å². The molecule has 2 nitrogen and oxygen atoms in total. The highest BCUT2D eigenvalue weighted by molar-refractivity contribution is 8.63. The Hall–Kier alpha value is 0.830. The molecule has 0 aromatic carbocycles. The van der Waals surface area contributed by atoms with Crippen molar-refractivity contribution in [3.05, 3.63) is 23.4 Å². The molecule has 1 aliphatic heterocycles. The van der Waals surface area contributed by atoms with Crippen LogP contribution in [0, 0.1) is 0 Å². The summed E-state index contributed by atoms with van der Waals surface area (Å²) in [5, 5.41) is 0. The van der Waals surface area contributed by atoms with Gasteiger partial charge in [0.05, 0.1) is 5.44 Å². The van der Waals surface area contributed by atoms with E-state index in [9.17, 15) is 0 Å². The molecule has 0 radical (unpaired) electrons. The van der Waals surface area contributed by atoms with Crippen LogP contribution in [0.2, 0.25) is 0 Å². The number of nitrogens with zero attached hydrogens (tertiary/aromatic N) is 2. The number of hydrogen-bond donors (Lipinski definition) is 0. The normalized spacial score (nSPS) is 18.2. The molecule has 0 spiro atoms. The van der Waals surface area contributed by atoms with Crippen LogP contribution in [-0.4, -0.2) is 23.0 Å². The van der Waals surface area contributed by atoms with E-state index in [1.165, 1.54) is 48.9 Å². The standard InChI is InChI=1S/C12H22N2P4/c1-2-3-7-14-8-5-10-4-6-13-12(11(10)9-14)18(16)17-15/h4,6,17H,2-3,5,7-9,15-16H2,1H3. The second-order valence-corrected chi connectivity index (χ2v) is 13.7. The molecular formula is C12H22N2P4. The summed E-state index contributed by atoms with van der Waals surface area (Å²) in [7, 11) is 6.62. The lowest BCUT2D eigenvalue weighted by atomic mass is 10.0. The average Bonchev–Trinajstić information content (AvgIpc) is 2.43. The van der Waals surface area contributed by atoms with Crippen LogP contribution in [-0.2, 0) is 13.0 Å². The van der Waals surface area contributed by atoms with Gasteiger partial charge in [-0.1, -0.05) is 21.3 Å². The van der Waals surface area contributed by atoms with Gasteiger partial charge in [-0.25, -0.2) is 0 Å². The molecule has 0 aliphatic carbocycles. The minimum Gasteiger partial charge on any atom is -0.299 e. The van der Waals surface area contributed by atoms with Crippen LogP contribution in [0.1, 0.15) is 30.9 Å². The van der Waals surface area contributed by atoms with Gasteiger partial charge in [0.15, 0.2) is 0 Å². The van der Waals surface area contributed by atoms with Crippen molar-refractivity contribution in [2.45, 2.75) is 32.7 Å². The number of aromatic nitrogens is 1. The maximum atomic E-state index is 4.65. The van der Waals surface area contributed by atoms with Crippen LogP contribution in [0.5, 0.6) is 0 Å². The maximum absolute atomic E-state index is 4.65. The summed E-state index contributed by atoms with van der Waals surface area (Å²) in [6, 6.07) is 2.22. The number of fused-ring (bicyclic) bond motifs is 1. The quantitative estimate of drug-likeness (QED) is 0.772. The molecule has 0 bridgehead atoms. The third-order valence-corrected chi connectivity index (χ3v) is 13.3. The highest BCUT2D eigenvalue weighted by Gasteiger charge is 2.21. The largest absolute Gasteiger partial charge is 0.299 e. The van der Waals surface area contributed by atoms with Crippen molar-refractivity contribution < 1.29 is 0 Å². The molecule has 0 N–H and O–H groups in total. The summed E-state index contributed by atoms with van der Waals surface area (Å²) in [5.74, 6) is 0.